The van der Waals surface area contributed by atoms with Crippen LogP contribution in [-0.2, 0) is 4.79 Å². The number of nitrogens with zero attached hydrogens (tertiary/aromatic N) is 2. The molecule has 0 bridgehead atoms. The van der Waals surface area contributed by atoms with E-state index < -0.39 is 0 Å². The number of amidine groups is 1. The van der Waals surface area contributed by atoms with Crippen LogP contribution in [0.2, 0.25) is 5.02 Å². The molecular formula is C20H15BrClN3O3S. The van der Waals surface area contributed by atoms with E-state index in [0.29, 0.717) is 36.8 Å². The molecule has 0 saturated carbocycles. The molecule has 0 aromatic heterocycles. The number of carbonyl (C=O) groups is 1. The molecule has 0 atom stereocenters. The van der Waals surface area contributed by atoms with E-state index in [-0.39, 0.29) is 12.5 Å². The summed E-state index contributed by atoms with van der Waals surface area (Å²) in [5.41, 5.74) is 2.35. The number of amides is 1. The van der Waals surface area contributed by atoms with Gasteiger partial charge in [-0.3, -0.25) is 4.79 Å². The summed E-state index contributed by atoms with van der Waals surface area (Å²) < 4.78 is 11.3. The maximum atomic E-state index is 12.3. The van der Waals surface area contributed by atoms with Crippen LogP contribution in [0.5, 0.6) is 11.5 Å². The summed E-state index contributed by atoms with van der Waals surface area (Å²) in [4.78, 5) is 17.3. The van der Waals surface area contributed by atoms with E-state index in [4.69, 9.17) is 26.3 Å². The van der Waals surface area contributed by atoms with Crippen molar-refractivity contribution < 1.29 is 14.3 Å². The Morgan fingerprint density at radius 1 is 1.38 bits per heavy atom. The summed E-state index contributed by atoms with van der Waals surface area (Å²) in [7, 11) is 1.51. The molecule has 0 unspecified atom stereocenters. The first-order valence-electron chi connectivity index (χ1n) is 8.34. The van der Waals surface area contributed by atoms with E-state index in [1.807, 2.05) is 25.1 Å². The number of nitrogens with one attached hydrogen (secondary N) is 1. The topological polar surface area (TPSA) is 83.7 Å². The predicted octanol–water partition coefficient (Wildman–Crippen LogP) is 5.21. The normalized spacial score (nSPS) is 16.0. The zero-order valence-corrected chi connectivity index (χ0v) is 18.6. The lowest BCUT2D eigenvalue weighted by Gasteiger charge is -2.11. The highest BCUT2D eigenvalue weighted by molar-refractivity contribution is 9.10. The number of thioether (sulfide) groups is 1. The minimum atomic E-state index is -0.244. The van der Waals surface area contributed by atoms with Crippen LogP contribution in [0.3, 0.4) is 0 Å². The third kappa shape index (κ3) is 5.12. The Kier molecular flexibility index (Phi) is 6.85. The number of hydrogen-bond donors (Lipinski definition) is 1. The number of ether oxygens (including phenoxy) is 2. The van der Waals surface area contributed by atoms with Crippen LogP contribution in [0.4, 0.5) is 5.69 Å². The van der Waals surface area contributed by atoms with E-state index >= 15 is 0 Å². The molecule has 0 radical (unpaired) electrons. The highest BCUT2D eigenvalue weighted by atomic mass is 79.9. The first-order valence-corrected chi connectivity index (χ1v) is 10.3. The van der Waals surface area contributed by atoms with Crippen LogP contribution in [0.25, 0.3) is 6.08 Å². The average Bonchev–Trinajstić information content (AvgIpc) is 3.02. The summed E-state index contributed by atoms with van der Waals surface area (Å²) in [6, 6.07) is 10.9. The zero-order valence-electron chi connectivity index (χ0n) is 15.5. The molecule has 1 aliphatic rings. The largest absolute Gasteiger partial charge is 0.493 e. The van der Waals surface area contributed by atoms with E-state index in [1.54, 1.807) is 24.3 Å². The summed E-state index contributed by atoms with van der Waals surface area (Å²) in [6.07, 6.45) is 1.73. The Balaban J connectivity index is 1.86. The van der Waals surface area contributed by atoms with Gasteiger partial charge in [0, 0.05) is 5.02 Å². The van der Waals surface area contributed by atoms with Crippen molar-refractivity contribution in [2.75, 3.05) is 13.7 Å². The van der Waals surface area contributed by atoms with Crippen LogP contribution in [0.15, 0.2) is 44.7 Å². The standard InChI is InChI=1S/C20H15BrClN3O3S/c1-11-3-4-13(10-15(11)22)24-20-25-19(26)17(29-20)9-12-7-14(21)18(28-6-5-23)16(8-12)27-2/h3-4,7-10H,6H2,1-2H3,(H,24,25,26)/b17-9-. The van der Waals surface area contributed by atoms with Gasteiger partial charge in [0.05, 0.1) is 22.2 Å². The molecule has 2 aromatic carbocycles. The van der Waals surface area contributed by atoms with Gasteiger partial charge in [0.25, 0.3) is 5.91 Å². The molecule has 29 heavy (non-hydrogen) atoms. The van der Waals surface area contributed by atoms with Crippen LogP contribution in [0, 0.1) is 18.3 Å². The molecule has 1 fully saturated rings. The monoisotopic (exact) mass is 491 g/mol. The fourth-order valence-corrected chi connectivity index (χ4v) is 4.06. The van der Waals surface area contributed by atoms with Gasteiger partial charge in [0.2, 0.25) is 0 Å². The van der Waals surface area contributed by atoms with E-state index in [0.717, 1.165) is 11.1 Å². The van der Waals surface area contributed by atoms with Gasteiger partial charge in [-0.15, -0.1) is 0 Å². The van der Waals surface area contributed by atoms with Crippen LogP contribution in [-0.4, -0.2) is 24.8 Å². The Hall–Kier alpha value is -2.47. The lowest BCUT2D eigenvalue weighted by atomic mass is 10.2. The van der Waals surface area contributed by atoms with Gasteiger partial charge in [-0.1, -0.05) is 17.7 Å². The molecule has 0 aliphatic carbocycles. The highest BCUT2D eigenvalue weighted by Gasteiger charge is 2.24. The number of rotatable bonds is 5. The summed E-state index contributed by atoms with van der Waals surface area (Å²) >= 11 is 10.8. The fraction of sp³-hybridized carbons (Fsp3) is 0.150. The Morgan fingerprint density at radius 2 is 2.17 bits per heavy atom. The number of nitriles is 1. The number of benzene rings is 2. The van der Waals surface area contributed by atoms with Crippen molar-refractivity contribution in [3.8, 4) is 17.6 Å². The van der Waals surface area contributed by atoms with Crippen LogP contribution >= 0.6 is 39.3 Å². The lowest BCUT2D eigenvalue weighted by molar-refractivity contribution is -0.115. The number of methoxy groups -OCH3 is 1. The molecule has 3 rings (SSSR count). The number of hydrogen-bond acceptors (Lipinski definition) is 6. The number of halogens is 2. The second-order valence-corrected chi connectivity index (χ2v) is 8.19. The van der Waals surface area contributed by atoms with Crippen molar-refractivity contribution in [3.63, 3.8) is 0 Å². The third-order valence-corrected chi connectivity index (χ3v) is 5.77. The second-order valence-electron chi connectivity index (χ2n) is 5.90. The fourth-order valence-electron chi connectivity index (χ4n) is 2.47. The van der Waals surface area contributed by atoms with Gasteiger partial charge in [-0.05, 0) is 76.1 Å². The quantitative estimate of drug-likeness (QED) is 0.579. The number of aliphatic imine (C=N–C) groups is 1. The molecule has 0 spiro atoms. The molecule has 148 valence electrons. The van der Waals surface area contributed by atoms with Crippen molar-refractivity contribution in [3.05, 3.63) is 55.9 Å². The first kappa shape index (κ1) is 21.2. The molecule has 1 aliphatic heterocycles. The van der Waals surface area contributed by atoms with Crippen molar-refractivity contribution in [1.29, 1.82) is 5.26 Å². The predicted molar refractivity (Wildman–Crippen MR) is 119 cm³/mol. The van der Waals surface area contributed by atoms with Crippen molar-refractivity contribution in [2.45, 2.75) is 6.92 Å². The lowest BCUT2D eigenvalue weighted by Crippen LogP contribution is -2.19. The molecule has 9 heteroatoms. The van der Waals surface area contributed by atoms with Gasteiger partial charge in [-0.25, -0.2) is 4.99 Å². The summed E-state index contributed by atoms with van der Waals surface area (Å²) in [6.45, 7) is 1.81. The number of carbonyl (C=O) groups excluding carboxylic acids is 1. The summed E-state index contributed by atoms with van der Waals surface area (Å²) in [5.74, 6) is 0.637. The van der Waals surface area contributed by atoms with Gasteiger partial charge < -0.3 is 14.8 Å². The minimum Gasteiger partial charge on any atom is -0.493 e. The Labute approximate surface area is 185 Å². The van der Waals surface area contributed by atoms with Gasteiger partial charge in [0.1, 0.15) is 6.07 Å². The molecule has 1 N–H and O–H groups in total. The minimum absolute atomic E-state index is 0.101. The van der Waals surface area contributed by atoms with E-state index in [9.17, 15) is 4.79 Å². The van der Waals surface area contributed by atoms with Gasteiger partial charge in [0.15, 0.2) is 23.3 Å². The SMILES string of the molecule is COc1cc(/C=C2\SC(=Nc3ccc(C)c(Cl)c3)NC2=O)cc(Br)c1OCC#N. The molecule has 1 amide bonds. The van der Waals surface area contributed by atoms with E-state index in [2.05, 4.69) is 26.2 Å². The van der Waals surface area contributed by atoms with Crippen LogP contribution < -0.4 is 14.8 Å². The molecule has 2 aromatic rings. The molecule has 6 nitrogen and oxygen atoms in total. The van der Waals surface area contributed by atoms with Crippen LogP contribution in [0.1, 0.15) is 11.1 Å². The number of aryl methyl sites for hydroxylation is 1. The zero-order chi connectivity index (χ0) is 21.0. The second kappa shape index (κ2) is 9.35. The smallest absolute Gasteiger partial charge is 0.264 e. The molecule has 1 heterocycles. The highest BCUT2D eigenvalue weighted by Crippen LogP contribution is 2.38. The molecule has 1 saturated heterocycles. The van der Waals surface area contributed by atoms with E-state index in [1.165, 1.54) is 18.9 Å². The van der Waals surface area contributed by atoms with Gasteiger partial charge >= 0.3 is 0 Å². The molecular weight excluding hydrogens is 478 g/mol. The first-order chi connectivity index (χ1) is 13.9. The third-order valence-electron chi connectivity index (χ3n) is 3.87. The Morgan fingerprint density at radius 3 is 2.86 bits per heavy atom. The maximum absolute atomic E-state index is 12.3. The maximum Gasteiger partial charge on any atom is 0.264 e. The van der Waals surface area contributed by atoms with Crippen molar-refractivity contribution in [1.82, 2.24) is 5.32 Å². The van der Waals surface area contributed by atoms with Gasteiger partial charge in [-0.2, -0.15) is 5.26 Å². The summed E-state index contributed by atoms with van der Waals surface area (Å²) in [5, 5.41) is 12.5. The Bertz CT molecular complexity index is 1080. The average molecular weight is 493 g/mol. The van der Waals surface area contributed by atoms with Crippen molar-refractivity contribution >= 4 is 62.1 Å². The van der Waals surface area contributed by atoms with Crippen molar-refractivity contribution in [2.24, 2.45) is 4.99 Å².